The lowest BCUT2D eigenvalue weighted by Gasteiger charge is -2.29. The van der Waals surface area contributed by atoms with E-state index in [0.29, 0.717) is 39.0 Å². The molecule has 0 bridgehead atoms. The molecule has 0 aromatic heterocycles. The molecule has 3 N–H and O–H groups in total. The van der Waals surface area contributed by atoms with Crippen molar-refractivity contribution in [3.63, 3.8) is 0 Å². The molecule has 0 fully saturated rings. The van der Waals surface area contributed by atoms with E-state index < -0.39 is 5.92 Å². The Labute approximate surface area is 220 Å². The maximum atomic E-state index is 13.4. The van der Waals surface area contributed by atoms with E-state index in [4.69, 9.17) is 4.74 Å². The standard InChI is InChI=1S/C29H26N4O3S/c1-19-26(28(35)33-21-12-7-4-8-13-21)27(20-10-5-3-6-11-20)24(17-30)29(31-19)37-18-25(34)32-22-14-9-15-23(16-22)36-2/h3-16,27,31H,18H2,1-2H3,(H,32,34)(H,33,35). The fourth-order valence-electron chi connectivity index (χ4n) is 4.06. The van der Waals surface area contributed by atoms with Crippen molar-refractivity contribution in [3.05, 3.63) is 112 Å². The van der Waals surface area contributed by atoms with Gasteiger partial charge in [0.15, 0.2) is 0 Å². The fraction of sp³-hybridized carbons (Fsp3) is 0.138. The topological polar surface area (TPSA) is 103 Å². The first kappa shape index (κ1) is 25.6. The average Bonchev–Trinajstić information content (AvgIpc) is 2.92. The van der Waals surface area contributed by atoms with E-state index in [9.17, 15) is 14.9 Å². The van der Waals surface area contributed by atoms with Crippen LogP contribution < -0.4 is 20.7 Å². The van der Waals surface area contributed by atoms with Gasteiger partial charge in [-0.05, 0) is 36.8 Å². The monoisotopic (exact) mass is 510 g/mol. The Balaban J connectivity index is 1.59. The maximum Gasteiger partial charge on any atom is 0.254 e. The van der Waals surface area contributed by atoms with Gasteiger partial charge in [0, 0.05) is 28.7 Å². The first-order valence-electron chi connectivity index (χ1n) is 11.6. The van der Waals surface area contributed by atoms with E-state index in [-0.39, 0.29) is 17.6 Å². The number of benzene rings is 3. The zero-order valence-corrected chi connectivity index (χ0v) is 21.3. The normalized spacial score (nSPS) is 14.9. The van der Waals surface area contributed by atoms with Gasteiger partial charge in [-0.15, -0.1) is 0 Å². The Kier molecular flexibility index (Phi) is 8.29. The summed E-state index contributed by atoms with van der Waals surface area (Å²) in [5, 5.41) is 19.7. The van der Waals surface area contributed by atoms with Crippen LogP contribution in [0, 0.1) is 11.3 Å². The van der Waals surface area contributed by atoms with E-state index in [1.54, 1.807) is 38.3 Å². The number of nitrogens with zero attached hydrogens (tertiary/aromatic N) is 1. The third-order valence-electron chi connectivity index (χ3n) is 5.76. The number of carbonyl (C=O) groups excluding carboxylic acids is 2. The Hall–Kier alpha value is -4.48. The van der Waals surface area contributed by atoms with Crippen molar-refractivity contribution in [2.45, 2.75) is 12.8 Å². The molecule has 8 heteroatoms. The summed E-state index contributed by atoms with van der Waals surface area (Å²) in [7, 11) is 1.56. The Morgan fingerprint density at radius 1 is 0.973 bits per heavy atom. The lowest BCUT2D eigenvalue weighted by molar-refractivity contribution is -0.114. The van der Waals surface area contributed by atoms with E-state index in [0.717, 1.165) is 5.56 Å². The van der Waals surface area contributed by atoms with Crippen LogP contribution in [-0.2, 0) is 9.59 Å². The molecule has 37 heavy (non-hydrogen) atoms. The van der Waals surface area contributed by atoms with Gasteiger partial charge in [0.05, 0.1) is 35.5 Å². The molecule has 0 saturated heterocycles. The summed E-state index contributed by atoms with van der Waals surface area (Å²) in [4.78, 5) is 26.1. The van der Waals surface area contributed by atoms with Gasteiger partial charge in [-0.3, -0.25) is 9.59 Å². The molecule has 0 aliphatic carbocycles. The van der Waals surface area contributed by atoms with Gasteiger partial charge in [0.25, 0.3) is 5.91 Å². The number of ether oxygens (including phenoxy) is 1. The molecule has 1 heterocycles. The molecule has 1 aliphatic heterocycles. The van der Waals surface area contributed by atoms with Crippen LogP contribution in [-0.4, -0.2) is 24.7 Å². The number of amides is 2. The largest absolute Gasteiger partial charge is 0.497 e. The minimum Gasteiger partial charge on any atom is -0.497 e. The third kappa shape index (κ3) is 6.21. The van der Waals surface area contributed by atoms with E-state index in [1.165, 1.54) is 11.8 Å². The van der Waals surface area contributed by atoms with Gasteiger partial charge < -0.3 is 20.7 Å². The second-order valence-electron chi connectivity index (χ2n) is 8.25. The molecule has 0 radical (unpaired) electrons. The maximum absolute atomic E-state index is 13.4. The molecule has 4 rings (SSSR count). The summed E-state index contributed by atoms with van der Waals surface area (Å²) in [5.41, 5.74) is 3.56. The molecule has 0 saturated carbocycles. The number of dihydropyridines is 1. The highest BCUT2D eigenvalue weighted by Gasteiger charge is 2.34. The molecule has 0 spiro atoms. The summed E-state index contributed by atoms with van der Waals surface area (Å²) < 4.78 is 5.20. The Bertz CT molecular complexity index is 1400. The zero-order chi connectivity index (χ0) is 26.2. The highest BCUT2D eigenvalue weighted by Crippen LogP contribution is 2.41. The smallest absolute Gasteiger partial charge is 0.254 e. The summed E-state index contributed by atoms with van der Waals surface area (Å²) in [6.45, 7) is 1.81. The second-order valence-corrected chi connectivity index (χ2v) is 9.24. The quantitative estimate of drug-likeness (QED) is 0.375. The molecule has 3 aromatic rings. The number of allylic oxidation sites excluding steroid dienone is 2. The minimum absolute atomic E-state index is 0.0745. The molecule has 3 aromatic carbocycles. The Morgan fingerprint density at radius 2 is 1.65 bits per heavy atom. The summed E-state index contributed by atoms with van der Waals surface area (Å²) in [5.74, 6) is -0.389. The molecule has 7 nitrogen and oxygen atoms in total. The molecule has 2 amide bonds. The SMILES string of the molecule is COc1cccc(NC(=O)CSC2=C(C#N)C(c3ccccc3)C(C(=O)Nc3ccccc3)=C(C)N2)c1. The van der Waals surface area contributed by atoms with Crippen molar-refractivity contribution in [1.82, 2.24) is 5.32 Å². The van der Waals surface area contributed by atoms with E-state index >= 15 is 0 Å². The number of hydrogen-bond acceptors (Lipinski definition) is 6. The first-order valence-corrected chi connectivity index (χ1v) is 12.6. The number of thioether (sulfide) groups is 1. The number of methoxy groups -OCH3 is 1. The fourth-order valence-corrected chi connectivity index (χ4v) is 4.95. The Morgan fingerprint density at radius 3 is 2.32 bits per heavy atom. The third-order valence-corrected chi connectivity index (χ3v) is 6.77. The van der Waals surface area contributed by atoms with Crippen LogP contribution in [0.2, 0.25) is 0 Å². The summed E-state index contributed by atoms with van der Waals surface area (Å²) >= 11 is 1.22. The van der Waals surface area contributed by atoms with Crippen LogP contribution in [0.5, 0.6) is 5.75 Å². The van der Waals surface area contributed by atoms with Crippen molar-refractivity contribution in [3.8, 4) is 11.8 Å². The van der Waals surface area contributed by atoms with Crippen molar-refractivity contribution in [2.75, 3.05) is 23.5 Å². The number of hydrogen-bond donors (Lipinski definition) is 3. The van der Waals surface area contributed by atoms with Gasteiger partial charge in [-0.2, -0.15) is 5.26 Å². The molecular weight excluding hydrogens is 484 g/mol. The lowest BCUT2D eigenvalue weighted by atomic mass is 9.82. The van der Waals surface area contributed by atoms with Crippen molar-refractivity contribution in [1.29, 1.82) is 5.26 Å². The number of rotatable bonds is 8. The van der Waals surface area contributed by atoms with Crippen LogP contribution in [0.25, 0.3) is 0 Å². The second kappa shape index (κ2) is 12.0. The van der Waals surface area contributed by atoms with Gasteiger partial charge >= 0.3 is 0 Å². The highest BCUT2D eigenvalue weighted by molar-refractivity contribution is 8.03. The summed E-state index contributed by atoms with van der Waals surface area (Å²) in [6, 6.07) is 28.0. The number of para-hydroxylation sites is 1. The molecule has 186 valence electrons. The van der Waals surface area contributed by atoms with Crippen LogP contribution in [0.4, 0.5) is 11.4 Å². The van der Waals surface area contributed by atoms with Crippen molar-refractivity contribution < 1.29 is 14.3 Å². The zero-order valence-electron chi connectivity index (χ0n) is 20.4. The predicted octanol–water partition coefficient (Wildman–Crippen LogP) is 5.40. The van der Waals surface area contributed by atoms with Gasteiger partial charge in [-0.1, -0.05) is 66.4 Å². The van der Waals surface area contributed by atoms with Gasteiger partial charge in [0.1, 0.15) is 5.75 Å². The number of anilines is 2. The van der Waals surface area contributed by atoms with Crippen LogP contribution in [0.3, 0.4) is 0 Å². The number of nitriles is 1. The van der Waals surface area contributed by atoms with Gasteiger partial charge in [0.2, 0.25) is 5.91 Å². The molecular formula is C29H26N4O3S. The molecule has 1 unspecified atom stereocenters. The summed E-state index contributed by atoms with van der Waals surface area (Å²) in [6.07, 6.45) is 0. The first-order chi connectivity index (χ1) is 18.0. The average molecular weight is 511 g/mol. The highest BCUT2D eigenvalue weighted by atomic mass is 32.2. The van der Waals surface area contributed by atoms with E-state index in [1.807, 2.05) is 60.7 Å². The predicted molar refractivity (Wildman–Crippen MR) is 147 cm³/mol. The van der Waals surface area contributed by atoms with Crippen molar-refractivity contribution in [2.24, 2.45) is 0 Å². The van der Waals surface area contributed by atoms with Crippen LogP contribution in [0.1, 0.15) is 18.4 Å². The van der Waals surface area contributed by atoms with Crippen LogP contribution in [0.15, 0.2) is 107 Å². The molecule has 1 aliphatic rings. The lowest BCUT2D eigenvalue weighted by Crippen LogP contribution is -2.31. The number of nitrogens with one attached hydrogen (secondary N) is 3. The van der Waals surface area contributed by atoms with Crippen LogP contribution >= 0.6 is 11.8 Å². The van der Waals surface area contributed by atoms with E-state index in [2.05, 4.69) is 22.0 Å². The van der Waals surface area contributed by atoms with Crippen molar-refractivity contribution >= 4 is 35.0 Å². The minimum atomic E-state index is -0.583. The molecule has 1 atom stereocenters. The number of carbonyl (C=O) groups is 2. The van der Waals surface area contributed by atoms with Gasteiger partial charge in [-0.25, -0.2) is 0 Å².